The molecular weight excluding hydrogens is 268 g/mol. The monoisotopic (exact) mass is 288 g/mol. The summed E-state index contributed by atoms with van der Waals surface area (Å²) in [7, 11) is 0. The minimum absolute atomic E-state index is 0.0122. The van der Waals surface area contributed by atoms with Gasteiger partial charge in [-0.1, -0.05) is 0 Å². The Morgan fingerprint density at radius 1 is 1.33 bits per heavy atom. The van der Waals surface area contributed by atoms with Crippen LogP contribution in [0, 0.1) is 0 Å². The Kier molecular flexibility index (Phi) is 3.64. The molecule has 1 aliphatic rings. The van der Waals surface area contributed by atoms with Crippen molar-refractivity contribution in [1.82, 2.24) is 19.3 Å². The van der Waals surface area contributed by atoms with Crippen molar-refractivity contribution in [2.45, 2.75) is 32.4 Å². The van der Waals surface area contributed by atoms with Crippen LogP contribution < -0.4 is 16.2 Å². The van der Waals surface area contributed by atoms with Crippen molar-refractivity contribution < 1.29 is 0 Å². The molecule has 3 rings (SSSR count). The third-order valence-electron chi connectivity index (χ3n) is 4.00. The number of hydrogen-bond acceptors (Lipinski definition) is 5. The lowest BCUT2D eigenvalue weighted by atomic mass is 10.1. The van der Waals surface area contributed by atoms with E-state index in [4.69, 9.17) is 5.73 Å². The molecule has 0 radical (unpaired) electrons. The van der Waals surface area contributed by atoms with Crippen molar-refractivity contribution in [3.05, 3.63) is 35.0 Å². The minimum Gasteiger partial charge on any atom is -0.382 e. The van der Waals surface area contributed by atoms with E-state index in [2.05, 4.69) is 15.0 Å². The second kappa shape index (κ2) is 5.59. The number of nitrogen functional groups attached to an aromatic ring is 1. The van der Waals surface area contributed by atoms with Crippen LogP contribution in [0.1, 0.15) is 25.8 Å². The number of rotatable bonds is 3. The fraction of sp³-hybridized carbons (Fsp3) is 0.500. The average molecular weight is 288 g/mol. The molecular formula is C14H20N6O. The van der Waals surface area contributed by atoms with Crippen LogP contribution in [-0.2, 0) is 6.54 Å². The zero-order valence-corrected chi connectivity index (χ0v) is 12.1. The molecule has 2 aromatic rings. The summed E-state index contributed by atoms with van der Waals surface area (Å²) in [6.45, 7) is 4.23. The summed E-state index contributed by atoms with van der Waals surface area (Å²) in [4.78, 5) is 18.6. The molecule has 0 atom stereocenters. The molecule has 7 nitrogen and oxygen atoms in total. The molecule has 112 valence electrons. The lowest BCUT2D eigenvalue weighted by Gasteiger charge is -2.32. The molecule has 0 aromatic carbocycles. The number of anilines is 2. The van der Waals surface area contributed by atoms with Crippen LogP contribution in [-0.4, -0.2) is 32.4 Å². The van der Waals surface area contributed by atoms with E-state index in [1.165, 1.54) is 0 Å². The highest BCUT2D eigenvalue weighted by molar-refractivity contribution is 5.36. The number of nitrogens with two attached hydrogens (primary N) is 1. The highest BCUT2D eigenvalue weighted by atomic mass is 16.1. The van der Waals surface area contributed by atoms with Crippen molar-refractivity contribution in [1.29, 1.82) is 0 Å². The van der Waals surface area contributed by atoms with E-state index in [-0.39, 0.29) is 5.56 Å². The number of piperidine rings is 1. The number of aryl methyl sites for hydroxylation is 1. The standard InChI is InChI=1S/C14H20N6O/c1-2-18-10-6-16-13(14(18)21)19-7-3-11(4-8-19)20-9-5-12(15)17-20/h5-6,9-11H,2-4,7-8H2,1H3,(H2,15,17). The van der Waals surface area contributed by atoms with Gasteiger partial charge in [0, 0.05) is 38.2 Å². The molecule has 0 unspecified atom stereocenters. The van der Waals surface area contributed by atoms with Crippen molar-refractivity contribution in [2.75, 3.05) is 23.7 Å². The van der Waals surface area contributed by atoms with E-state index in [9.17, 15) is 4.79 Å². The molecule has 0 aliphatic carbocycles. The highest BCUT2D eigenvalue weighted by Crippen LogP contribution is 2.23. The van der Waals surface area contributed by atoms with E-state index in [1.807, 2.05) is 23.9 Å². The van der Waals surface area contributed by atoms with Gasteiger partial charge in [-0.15, -0.1) is 0 Å². The van der Waals surface area contributed by atoms with Gasteiger partial charge in [-0.25, -0.2) is 4.98 Å². The predicted molar refractivity (Wildman–Crippen MR) is 81.3 cm³/mol. The first-order valence-corrected chi connectivity index (χ1v) is 7.30. The summed E-state index contributed by atoms with van der Waals surface area (Å²) in [6, 6.07) is 2.15. The Balaban J connectivity index is 1.73. The minimum atomic E-state index is -0.0122. The average Bonchev–Trinajstić information content (AvgIpc) is 2.94. The maximum Gasteiger partial charge on any atom is 0.293 e. The largest absolute Gasteiger partial charge is 0.382 e. The lowest BCUT2D eigenvalue weighted by Crippen LogP contribution is -2.39. The predicted octanol–water partition coefficient (Wildman–Crippen LogP) is 0.883. The van der Waals surface area contributed by atoms with E-state index >= 15 is 0 Å². The molecule has 0 saturated carbocycles. The summed E-state index contributed by atoms with van der Waals surface area (Å²) < 4.78 is 3.61. The summed E-state index contributed by atoms with van der Waals surface area (Å²) in [5, 5.41) is 4.27. The van der Waals surface area contributed by atoms with Crippen LogP contribution in [0.25, 0.3) is 0 Å². The maximum absolute atomic E-state index is 12.3. The maximum atomic E-state index is 12.3. The molecule has 0 amide bonds. The molecule has 7 heteroatoms. The van der Waals surface area contributed by atoms with Crippen LogP contribution >= 0.6 is 0 Å². The molecule has 1 aliphatic heterocycles. The van der Waals surface area contributed by atoms with Crippen LogP contribution in [0.15, 0.2) is 29.5 Å². The molecule has 1 saturated heterocycles. The highest BCUT2D eigenvalue weighted by Gasteiger charge is 2.23. The summed E-state index contributed by atoms with van der Waals surface area (Å²) in [5.74, 6) is 1.10. The quantitative estimate of drug-likeness (QED) is 0.906. The summed E-state index contributed by atoms with van der Waals surface area (Å²) in [5.41, 5.74) is 5.65. The van der Waals surface area contributed by atoms with Crippen molar-refractivity contribution in [3.63, 3.8) is 0 Å². The van der Waals surface area contributed by atoms with E-state index in [0.717, 1.165) is 25.9 Å². The molecule has 0 bridgehead atoms. The number of hydrogen-bond donors (Lipinski definition) is 1. The van der Waals surface area contributed by atoms with Gasteiger partial charge in [-0.05, 0) is 25.8 Å². The Labute approximate surface area is 123 Å². The van der Waals surface area contributed by atoms with Gasteiger partial charge in [-0.2, -0.15) is 5.10 Å². The zero-order chi connectivity index (χ0) is 14.8. The molecule has 3 heterocycles. The normalized spacial score (nSPS) is 16.3. The van der Waals surface area contributed by atoms with Crippen LogP contribution in [0.2, 0.25) is 0 Å². The number of aromatic nitrogens is 4. The van der Waals surface area contributed by atoms with Crippen LogP contribution in [0.3, 0.4) is 0 Å². The van der Waals surface area contributed by atoms with Gasteiger partial charge < -0.3 is 15.2 Å². The molecule has 2 N–H and O–H groups in total. The van der Waals surface area contributed by atoms with Gasteiger partial charge in [-0.3, -0.25) is 9.48 Å². The van der Waals surface area contributed by atoms with Crippen molar-refractivity contribution >= 4 is 11.6 Å². The van der Waals surface area contributed by atoms with Gasteiger partial charge in [0.1, 0.15) is 5.82 Å². The first-order chi connectivity index (χ1) is 10.2. The number of nitrogens with zero attached hydrogens (tertiary/aromatic N) is 5. The van der Waals surface area contributed by atoms with Gasteiger partial charge in [0.2, 0.25) is 0 Å². The fourth-order valence-electron chi connectivity index (χ4n) is 2.80. The Hall–Kier alpha value is -2.31. The van der Waals surface area contributed by atoms with Gasteiger partial charge in [0.25, 0.3) is 5.56 Å². The lowest BCUT2D eigenvalue weighted by molar-refractivity contribution is 0.366. The first-order valence-electron chi connectivity index (χ1n) is 7.30. The fourth-order valence-corrected chi connectivity index (χ4v) is 2.80. The molecule has 2 aromatic heterocycles. The zero-order valence-electron chi connectivity index (χ0n) is 12.1. The third kappa shape index (κ3) is 2.63. The van der Waals surface area contributed by atoms with E-state index < -0.39 is 0 Å². The van der Waals surface area contributed by atoms with Gasteiger partial charge >= 0.3 is 0 Å². The molecule has 1 fully saturated rings. The first kappa shape index (κ1) is 13.7. The van der Waals surface area contributed by atoms with E-state index in [1.54, 1.807) is 17.0 Å². The van der Waals surface area contributed by atoms with Gasteiger partial charge in [0.15, 0.2) is 5.82 Å². The van der Waals surface area contributed by atoms with E-state index in [0.29, 0.717) is 24.2 Å². The topological polar surface area (TPSA) is 82.0 Å². The van der Waals surface area contributed by atoms with Crippen LogP contribution in [0.4, 0.5) is 11.6 Å². The third-order valence-corrected chi connectivity index (χ3v) is 4.00. The van der Waals surface area contributed by atoms with Crippen molar-refractivity contribution in [3.8, 4) is 0 Å². The van der Waals surface area contributed by atoms with Crippen LogP contribution in [0.5, 0.6) is 0 Å². The molecule has 0 spiro atoms. The Morgan fingerprint density at radius 3 is 2.71 bits per heavy atom. The Morgan fingerprint density at radius 2 is 2.10 bits per heavy atom. The molecule has 21 heavy (non-hydrogen) atoms. The summed E-state index contributed by atoms with van der Waals surface area (Å²) in [6.07, 6.45) is 7.21. The van der Waals surface area contributed by atoms with Gasteiger partial charge in [0.05, 0.1) is 6.04 Å². The smallest absolute Gasteiger partial charge is 0.293 e. The Bertz CT molecular complexity index is 668. The second-order valence-electron chi connectivity index (χ2n) is 5.28. The second-order valence-corrected chi connectivity index (χ2v) is 5.28. The SMILES string of the molecule is CCn1ccnc(N2CCC(n3ccc(N)n3)CC2)c1=O. The summed E-state index contributed by atoms with van der Waals surface area (Å²) >= 11 is 0. The van der Waals surface area contributed by atoms with Crippen molar-refractivity contribution in [2.24, 2.45) is 0 Å².